The predicted molar refractivity (Wildman–Crippen MR) is 118 cm³/mol. The molecule has 0 bridgehead atoms. The van der Waals surface area contributed by atoms with Gasteiger partial charge in [-0.2, -0.15) is 0 Å². The summed E-state index contributed by atoms with van der Waals surface area (Å²) in [4.78, 5) is 13.3. The molecule has 0 aliphatic carbocycles. The lowest BCUT2D eigenvalue weighted by Crippen LogP contribution is -2.35. The Hall–Kier alpha value is -3.51. The molecule has 0 fully saturated rings. The minimum atomic E-state index is -0.902. The van der Waals surface area contributed by atoms with Crippen molar-refractivity contribution in [3.8, 4) is 28.4 Å². The van der Waals surface area contributed by atoms with Crippen molar-refractivity contribution in [3.63, 3.8) is 0 Å². The van der Waals surface area contributed by atoms with E-state index < -0.39 is 5.60 Å². The molecule has 6 nitrogen and oxygen atoms in total. The van der Waals surface area contributed by atoms with Crippen LogP contribution >= 0.6 is 0 Å². The van der Waals surface area contributed by atoms with Gasteiger partial charge in [0.2, 0.25) is 5.43 Å². The Morgan fingerprint density at radius 2 is 1.81 bits per heavy atom. The normalized spacial score (nSPS) is 20.6. The van der Waals surface area contributed by atoms with Gasteiger partial charge in [-0.05, 0) is 56.7 Å². The Bertz CT molecular complexity index is 1340. The maximum Gasteiger partial charge on any atom is 0.204 e. The molecule has 2 N–H and O–H groups in total. The molecule has 1 unspecified atom stereocenters. The number of aliphatic hydroxyl groups excluding tert-OH is 1. The highest BCUT2D eigenvalue weighted by atomic mass is 16.5. The molecule has 1 aromatic heterocycles. The number of fused-ring (bicyclic) bond motifs is 4. The summed E-state index contributed by atoms with van der Waals surface area (Å²) in [5, 5.41) is 20.3. The van der Waals surface area contributed by atoms with Gasteiger partial charge < -0.3 is 24.1 Å². The highest BCUT2D eigenvalue weighted by molar-refractivity contribution is 5.95. The second-order valence-corrected chi connectivity index (χ2v) is 8.69. The summed E-state index contributed by atoms with van der Waals surface area (Å²) in [6.07, 6.45) is 8.78. The number of ether oxygens (including phenoxy) is 2. The van der Waals surface area contributed by atoms with E-state index in [1.54, 1.807) is 25.1 Å². The van der Waals surface area contributed by atoms with E-state index in [0.29, 0.717) is 22.4 Å². The van der Waals surface area contributed by atoms with E-state index >= 15 is 0 Å². The summed E-state index contributed by atoms with van der Waals surface area (Å²) >= 11 is 0. The molecule has 2 aromatic carbocycles. The summed E-state index contributed by atoms with van der Waals surface area (Å²) in [5.74, 6) is 0.856. The van der Waals surface area contributed by atoms with Gasteiger partial charge in [0.1, 0.15) is 40.1 Å². The first kappa shape index (κ1) is 19.5. The van der Waals surface area contributed by atoms with Gasteiger partial charge in [0.25, 0.3) is 0 Å². The standard InChI is InChI=1S/C25H22O6/c1-24(2)8-6-15-10-14(4-5-19(15)30-24)17-12-29-23-16-7-9-25(3,13-26)31-20(16)11-18(27)21(23)22(17)28/h4-12,26-27H,13H2,1-3H3. The first-order valence-electron chi connectivity index (χ1n) is 10.0. The maximum atomic E-state index is 13.3. The largest absolute Gasteiger partial charge is 0.507 e. The predicted octanol–water partition coefficient (Wildman–Crippen LogP) is 4.51. The Morgan fingerprint density at radius 3 is 2.58 bits per heavy atom. The van der Waals surface area contributed by atoms with E-state index in [2.05, 4.69) is 0 Å². The van der Waals surface area contributed by atoms with E-state index in [9.17, 15) is 15.0 Å². The second kappa shape index (κ2) is 6.49. The van der Waals surface area contributed by atoms with Crippen LogP contribution < -0.4 is 14.9 Å². The average Bonchev–Trinajstić information content (AvgIpc) is 2.72. The molecule has 3 aromatic rings. The molecule has 2 aliphatic heterocycles. The zero-order valence-electron chi connectivity index (χ0n) is 17.4. The smallest absolute Gasteiger partial charge is 0.204 e. The third kappa shape index (κ3) is 3.11. The van der Waals surface area contributed by atoms with Crippen molar-refractivity contribution in [2.45, 2.75) is 32.0 Å². The summed E-state index contributed by atoms with van der Waals surface area (Å²) < 4.78 is 17.6. The van der Waals surface area contributed by atoms with Crippen LogP contribution in [0, 0.1) is 0 Å². The van der Waals surface area contributed by atoms with Gasteiger partial charge in [0.15, 0.2) is 5.58 Å². The Labute approximate surface area is 178 Å². The zero-order valence-corrected chi connectivity index (χ0v) is 17.4. The topological polar surface area (TPSA) is 89.1 Å². The number of aromatic hydroxyl groups is 1. The third-order valence-corrected chi connectivity index (χ3v) is 5.65. The molecular formula is C25H22O6. The van der Waals surface area contributed by atoms with Gasteiger partial charge >= 0.3 is 0 Å². The van der Waals surface area contributed by atoms with E-state index in [-0.39, 0.29) is 34.4 Å². The number of phenolic OH excluding ortho intramolecular Hbond substituents is 1. The van der Waals surface area contributed by atoms with Crippen molar-refractivity contribution in [1.29, 1.82) is 0 Å². The van der Waals surface area contributed by atoms with Crippen molar-refractivity contribution in [3.05, 3.63) is 64.0 Å². The summed E-state index contributed by atoms with van der Waals surface area (Å²) in [5.41, 5.74) is 1.03. The number of phenols is 1. The molecule has 0 saturated heterocycles. The van der Waals surface area contributed by atoms with E-state index in [4.69, 9.17) is 13.9 Å². The lowest BCUT2D eigenvalue weighted by atomic mass is 9.96. The van der Waals surface area contributed by atoms with Crippen LogP contribution in [0.1, 0.15) is 31.9 Å². The Morgan fingerprint density at radius 1 is 1.00 bits per heavy atom. The molecule has 31 heavy (non-hydrogen) atoms. The van der Waals surface area contributed by atoms with Crippen LogP contribution in [0.4, 0.5) is 0 Å². The number of hydrogen-bond acceptors (Lipinski definition) is 6. The van der Waals surface area contributed by atoms with Crippen LogP contribution in [0.25, 0.3) is 34.2 Å². The SMILES string of the molecule is CC1(C)C=Cc2cc(-c3coc4c5c(cc(O)c4c3=O)OC(C)(CO)C=C5)ccc2O1. The highest BCUT2D eigenvalue weighted by Crippen LogP contribution is 2.40. The molecular weight excluding hydrogens is 396 g/mol. The minimum absolute atomic E-state index is 0.0859. The van der Waals surface area contributed by atoms with Gasteiger partial charge in [0, 0.05) is 11.6 Å². The van der Waals surface area contributed by atoms with Crippen LogP contribution in [0.5, 0.6) is 17.2 Å². The molecule has 2 aliphatic rings. The van der Waals surface area contributed by atoms with Crippen LogP contribution in [-0.4, -0.2) is 28.0 Å². The van der Waals surface area contributed by atoms with Crippen molar-refractivity contribution >= 4 is 23.1 Å². The summed E-state index contributed by atoms with van der Waals surface area (Å²) in [6, 6.07) is 6.89. The fraction of sp³-hybridized carbons (Fsp3) is 0.240. The Balaban J connectivity index is 1.65. The van der Waals surface area contributed by atoms with Crippen LogP contribution in [0.2, 0.25) is 0 Å². The molecule has 0 amide bonds. The van der Waals surface area contributed by atoms with Gasteiger partial charge in [-0.3, -0.25) is 4.79 Å². The first-order valence-corrected chi connectivity index (χ1v) is 10.0. The number of rotatable bonds is 2. The third-order valence-electron chi connectivity index (χ3n) is 5.65. The van der Waals surface area contributed by atoms with Gasteiger partial charge in [-0.1, -0.05) is 12.1 Å². The lowest BCUT2D eigenvalue weighted by molar-refractivity contribution is 0.0640. The number of aliphatic hydroxyl groups is 1. The van der Waals surface area contributed by atoms with E-state index in [1.165, 1.54) is 12.3 Å². The van der Waals surface area contributed by atoms with Crippen molar-refractivity contribution in [1.82, 2.24) is 0 Å². The van der Waals surface area contributed by atoms with Crippen LogP contribution in [0.15, 0.2) is 51.9 Å². The fourth-order valence-corrected chi connectivity index (χ4v) is 3.90. The van der Waals surface area contributed by atoms with Crippen LogP contribution in [0.3, 0.4) is 0 Å². The van der Waals surface area contributed by atoms with Crippen molar-refractivity contribution in [2.24, 2.45) is 0 Å². The molecule has 3 heterocycles. The average molecular weight is 418 g/mol. The van der Waals surface area contributed by atoms with Gasteiger partial charge in [0.05, 0.1) is 17.7 Å². The molecule has 0 saturated carbocycles. The minimum Gasteiger partial charge on any atom is -0.507 e. The number of benzene rings is 2. The molecule has 0 radical (unpaired) electrons. The fourth-order valence-electron chi connectivity index (χ4n) is 3.90. The summed E-state index contributed by atoms with van der Waals surface area (Å²) in [7, 11) is 0. The zero-order chi connectivity index (χ0) is 22.0. The van der Waals surface area contributed by atoms with Gasteiger partial charge in [-0.15, -0.1) is 0 Å². The molecule has 5 rings (SSSR count). The maximum absolute atomic E-state index is 13.3. The molecule has 158 valence electrons. The number of hydrogen-bond donors (Lipinski definition) is 2. The molecule has 6 heteroatoms. The second-order valence-electron chi connectivity index (χ2n) is 8.69. The van der Waals surface area contributed by atoms with Crippen molar-refractivity contribution < 1.29 is 24.1 Å². The highest BCUT2D eigenvalue weighted by Gasteiger charge is 2.30. The Kier molecular flexibility index (Phi) is 4.07. The van der Waals surface area contributed by atoms with E-state index in [0.717, 1.165) is 11.3 Å². The van der Waals surface area contributed by atoms with E-state index in [1.807, 2.05) is 38.1 Å². The lowest BCUT2D eigenvalue weighted by Gasteiger charge is -2.30. The van der Waals surface area contributed by atoms with Crippen LogP contribution in [-0.2, 0) is 0 Å². The van der Waals surface area contributed by atoms with Crippen molar-refractivity contribution in [2.75, 3.05) is 6.61 Å². The summed E-state index contributed by atoms with van der Waals surface area (Å²) in [6.45, 7) is 5.45. The molecule has 0 spiro atoms. The monoisotopic (exact) mass is 418 g/mol. The van der Waals surface area contributed by atoms with Gasteiger partial charge in [-0.25, -0.2) is 0 Å². The first-order chi connectivity index (χ1) is 14.7. The molecule has 1 atom stereocenters. The quantitative estimate of drug-likeness (QED) is 0.637.